The zero-order valence-corrected chi connectivity index (χ0v) is 17.5. The van der Waals surface area contributed by atoms with Gasteiger partial charge in [0.05, 0.1) is 25.3 Å². The largest absolute Gasteiger partial charge is 0.493 e. The minimum atomic E-state index is -0.226. The van der Waals surface area contributed by atoms with Crippen LogP contribution < -0.4 is 20.1 Å². The molecule has 2 N–H and O–H groups in total. The number of nitrogens with zero attached hydrogens (tertiary/aromatic N) is 2. The molecule has 0 spiro atoms. The van der Waals surface area contributed by atoms with Crippen LogP contribution in [0, 0.1) is 25.2 Å². The highest BCUT2D eigenvalue weighted by Crippen LogP contribution is 2.27. The van der Waals surface area contributed by atoms with E-state index in [1.54, 1.807) is 25.3 Å². The van der Waals surface area contributed by atoms with Crippen molar-refractivity contribution < 1.29 is 14.3 Å². The van der Waals surface area contributed by atoms with Gasteiger partial charge in [0, 0.05) is 24.0 Å². The predicted molar refractivity (Wildman–Crippen MR) is 116 cm³/mol. The molecule has 0 saturated heterocycles. The maximum Gasteiger partial charge on any atom is 0.251 e. The quantitative estimate of drug-likeness (QED) is 0.584. The Morgan fingerprint density at radius 1 is 1.07 bits per heavy atom. The van der Waals surface area contributed by atoms with Crippen LogP contribution in [0.15, 0.2) is 36.4 Å². The molecule has 1 amide bonds. The number of ether oxygens (including phenoxy) is 2. The van der Waals surface area contributed by atoms with Crippen LogP contribution >= 0.6 is 0 Å². The first-order valence-electron chi connectivity index (χ1n) is 9.53. The molecule has 0 radical (unpaired) electrons. The lowest BCUT2D eigenvalue weighted by molar-refractivity contribution is 0.0954. The van der Waals surface area contributed by atoms with E-state index in [0.717, 1.165) is 22.0 Å². The molecule has 1 heterocycles. The average Bonchev–Trinajstić information content (AvgIpc) is 2.78. The number of fused-ring (bicyclic) bond motifs is 1. The summed E-state index contributed by atoms with van der Waals surface area (Å²) < 4.78 is 10.4. The standard InChI is InChI=1S/C23H24N4O3/c1-14-5-6-16-11-18(13-24)22(27-21(16)15(14)2)25-9-10-26-23(28)17-7-8-19(29-3)20(12-17)30-4/h5-8,11-12H,9-10H2,1-4H3,(H,25,27)(H,26,28). The summed E-state index contributed by atoms with van der Waals surface area (Å²) in [4.78, 5) is 17.0. The molecule has 3 rings (SSSR count). The molecule has 2 aromatic carbocycles. The number of hydrogen-bond acceptors (Lipinski definition) is 6. The van der Waals surface area contributed by atoms with Gasteiger partial charge in [-0.1, -0.05) is 12.1 Å². The zero-order chi connectivity index (χ0) is 21.7. The van der Waals surface area contributed by atoms with E-state index in [2.05, 4.69) is 21.7 Å². The Hall–Kier alpha value is -3.79. The van der Waals surface area contributed by atoms with Crippen molar-refractivity contribution in [1.82, 2.24) is 10.3 Å². The molecule has 0 aliphatic carbocycles. The van der Waals surface area contributed by atoms with Gasteiger partial charge in [-0.2, -0.15) is 5.26 Å². The van der Waals surface area contributed by atoms with Crippen LogP contribution in [0.5, 0.6) is 11.5 Å². The normalized spacial score (nSPS) is 10.4. The first-order chi connectivity index (χ1) is 14.5. The third-order valence-electron chi connectivity index (χ3n) is 4.98. The van der Waals surface area contributed by atoms with Gasteiger partial charge in [0.1, 0.15) is 11.9 Å². The van der Waals surface area contributed by atoms with Gasteiger partial charge in [-0.25, -0.2) is 4.98 Å². The lowest BCUT2D eigenvalue weighted by Crippen LogP contribution is -2.29. The predicted octanol–water partition coefficient (Wildman–Crippen LogP) is 3.58. The fourth-order valence-electron chi connectivity index (χ4n) is 3.14. The molecule has 3 aromatic rings. The molecule has 7 heteroatoms. The van der Waals surface area contributed by atoms with Gasteiger partial charge in [-0.15, -0.1) is 0 Å². The minimum Gasteiger partial charge on any atom is -0.493 e. The minimum absolute atomic E-state index is 0.226. The van der Waals surface area contributed by atoms with Gasteiger partial charge in [0.2, 0.25) is 0 Å². The number of pyridine rings is 1. The maximum atomic E-state index is 12.4. The molecule has 0 saturated carbocycles. The number of hydrogen-bond donors (Lipinski definition) is 2. The van der Waals surface area contributed by atoms with Crippen LogP contribution in [-0.2, 0) is 0 Å². The maximum absolute atomic E-state index is 12.4. The van der Waals surface area contributed by atoms with E-state index >= 15 is 0 Å². The SMILES string of the molecule is COc1ccc(C(=O)NCCNc2nc3c(C)c(C)ccc3cc2C#N)cc1OC. The fourth-order valence-corrected chi connectivity index (χ4v) is 3.14. The van der Waals surface area contributed by atoms with Crippen LogP contribution in [-0.4, -0.2) is 38.2 Å². The summed E-state index contributed by atoms with van der Waals surface area (Å²) in [6, 6.07) is 13.0. The van der Waals surface area contributed by atoms with Crippen molar-refractivity contribution in [2.24, 2.45) is 0 Å². The Morgan fingerprint density at radius 2 is 1.83 bits per heavy atom. The molecule has 0 unspecified atom stereocenters. The first-order valence-corrected chi connectivity index (χ1v) is 9.53. The number of aromatic nitrogens is 1. The lowest BCUT2D eigenvalue weighted by atomic mass is 10.0. The van der Waals surface area contributed by atoms with Gasteiger partial charge >= 0.3 is 0 Å². The van der Waals surface area contributed by atoms with Crippen LogP contribution in [0.4, 0.5) is 5.82 Å². The first kappa shape index (κ1) is 20.9. The number of aryl methyl sites for hydroxylation is 2. The molecular formula is C23H24N4O3. The summed E-state index contributed by atoms with van der Waals surface area (Å²) in [5, 5.41) is 16.4. The van der Waals surface area contributed by atoms with Crippen LogP contribution in [0.3, 0.4) is 0 Å². The summed E-state index contributed by atoms with van der Waals surface area (Å²) in [5.74, 6) is 1.34. The highest BCUT2D eigenvalue weighted by Gasteiger charge is 2.12. The Bertz CT molecular complexity index is 1140. The Balaban J connectivity index is 1.66. The number of amides is 1. The van der Waals surface area contributed by atoms with Crippen molar-refractivity contribution >= 4 is 22.6 Å². The fraction of sp³-hybridized carbons (Fsp3) is 0.261. The second kappa shape index (κ2) is 9.14. The van der Waals surface area contributed by atoms with Crippen molar-refractivity contribution in [1.29, 1.82) is 5.26 Å². The topological polar surface area (TPSA) is 96.3 Å². The van der Waals surface area contributed by atoms with Crippen molar-refractivity contribution in [2.45, 2.75) is 13.8 Å². The number of anilines is 1. The van der Waals surface area contributed by atoms with E-state index < -0.39 is 0 Å². The van der Waals surface area contributed by atoms with Gasteiger partial charge in [-0.3, -0.25) is 4.79 Å². The molecule has 30 heavy (non-hydrogen) atoms. The Labute approximate surface area is 175 Å². The second-order valence-electron chi connectivity index (χ2n) is 6.83. The van der Waals surface area contributed by atoms with E-state index in [1.807, 2.05) is 32.0 Å². The van der Waals surface area contributed by atoms with Crippen molar-refractivity contribution in [3.8, 4) is 17.6 Å². The summed E-state index contributed by atoms with van der Waals surface area (Å²) >= 11 is 0. The second-order valence-corrected chi connectivity index (χ2v) is 6.83. The van der Waals surface area contributed by atoms with Crippen molar-refractivity contribution in [3.05, 3.63) is 58.7 Å². The van der Waals surface area contributed by atoms with E-state index in [9.17, 15) is 10.1 Å². The third-order valence-corrected chi connectivity index (χ3v) is 4.98. The zero-order valence-electron chi connectivity index (χ0n) is 17.5. The number of carbonyl (C=O) groups excluding carboxylic acids is 1. The smallest absolute Gasteiger partial charge is 0.251 e. The monoisotopic (exact) mass is 404 g/mol. The average molecular weight is 404 g/mol. The van der Waals surface area contributed by atoms with E-state index in [-0.39, 0.29) is 5.91 Å². The van der Waals surface area contributed by atoms with E-state index in [4.69, 9.17) is 9.47 Å². The van der Waals surface area contributed by atoms with Crippen molar-refractivity contribution in [3.63, 3.8) is 0 Å². The van der Waals surface area contributed by atoms with E-state index in [0.29, 0.717) is 41.5 Å². The van der Waals surface area contributed by atoms with Gasteiger partial charge in [0.15, 0.2) is 11.5 Å². The molecule has 1 aromatic heterocycles. The Kier molecular flexibility index (Phi) is 6.38. The lowest BCUT2D eigenvalue weighted by Gasteiger charge is -2.12. The Morgan fingerprint density at radius 3 is 2.53 bits per heavy atom. The number of rotatable bonds is 7. The summed E-state index contributed by atoms with van der Waals surface area (Å²) in [5.41, 5.74) is 4.04. The number of methoxy groups -OCH3 is 2. The van der Waals surface area contributed by atoms with Gasteiger partial charge < -0.3 is 20.1 Å². The third kappa shape index (κ3) is 4.28. The summed E-state index contributed by atoms with van der Waals surface area (Å²) in [6.45, 7) is 4.84. The summed E-state index contributed by atoms with van der Waals surface area (Å²) in [7, 11) is 3.07. The highest BCUT2D eigenvalue weighted by atomic mass is 16.5. The highest BCUT2D eigenvalue weighted by molar-refractivity contribution is 5.95. The molecule has 0 fully saturated rings. The van der Waals surface area contributed by atoms with Crippen LogP contribution in [0.25, 0.3) is 10.9 Å². The van der Waals surface area contributed by atoms with Crippen molar-refractivity contribution in [2.75, 3.05) is 32.6 Å². The molecule has 0 bridgehead atoms. The molecule has 0 aliphatic rings. The van der Waals surface area contributed by atoms with E-state index in [1.165, 1.54) is 7.11 Å². The van der Waals surface area contributed by atoms with Crippen LogP contribution in [0.2, 0.25) is 0 Å². The number of nitriles is 1. The van der Waals surface area contributed by atoms with Crippen LogP contribution in [0.1, 0.15) is 27.0 Å². The number of benzene rings is 2. The molecule has 0 aliphatic heterocycles. The number of nitrogens with one attached hydrogen (secondary N) is 2. The molecule has 7 nitrogen and oxygen atoms in total. The van der Waals surface area contributed by atoms with Gasteiger partial charge in [-0.05, 0) is 49.2 Å². The number of carbonyl (C=O) groups is 1. The van der Waals surface area contributed by atoms with Gasteiger partial charge in [0.25, 0.3) is 5.91 Å². The molecular weight excluding hydrogens is 380 g/mol. The molecule has 154 valence electrons. The molecule has 0 atom stereocenters. The summed E-state index contributed by atoms with van der Waals surface area (Å²) in [6.07, 6.45) is 0.